The first kappa shape index (κ1) is 21.4. The predicted octanol–water partition coefficient (Wildman–Crippen LogP) is 4.64. The zero-order valence-corrected chi connectivity index (χ0v) is 18.9. The average Bonchev–Trinajstić information content (AvgIpc) is 3.27. The van der Waals surface area contributed by atoms with Crippen LogP contribution in [0.4, 0.5) is 11.5 Å². The zero-order chi connectivity index (χ0) is 23.7. The summed E-state index contributed by atoms with van der Waals surface area (Å²) in [5.41, 5.74) is 3.05. The van der Waals surface area contributed by atoms with E-state index in [1.54, 1.807) is 18.4 Å². The first-order valence-corrected chi connectivity index (χ1v) is 10.7. The molecule has 8 nitrogen and oxygen atoms in total. The lowest BCUT2D eigenvalue weighted by atomic mass is 10.1. The highest BCUT2D eigenvalue weighted by atomic mass is 16.5. The summed E-state index contributed by atoms with van der Waals surface area (Å²) < 4.78 is 7.74. The van der Waals surface area contributed by atoms with E-state index in [2.05, 4.69) is 37.2 Å². The van der Waals surface area contributed by atoms with Crippen molar-refractivity contribution in [1.82, 2.24) is 24.6 Å². The molecule has 0 amide bonds. The molecule has 0 fully saturated rings. The molecule has 2 aromatic carbocycles. The Morgan fingerprint density at radius 1 is 1.00 bits per heavy atom. The van der Waals surface area contributed by atoms with Gasteiger partial charge in [-0.3, -0.25) is 0 Å². The van der Waals surface area contributed by atoms with Crippen LogP contribution in [0.5, 0.6) is 11.5 Å². The van der Waals surface area contributed by atoms with E-state index in [0.29, 0.717) is 11.6 Å². The van der Waals surface area contributed by atoms with Gasteiger partial charge >= 0.3 is 0 Å². The lowest BCUT2D eigenvalue weighted by Gasteiger charge is -2.13. The van der Waals surface area contributed by atoms with Crippen LogP contribution in [0.25, 0.3) is 16.6 Å². The fraction of sp³-hybridized carbons (Fsp3) is 0.154. The second-order valence-electron chi connectivity index (χ2n) is 8.40. The van der Waals surface area contributed by atoms with Gasteiger partial charge in [-0.1, -0.05) is 11.8 Å². The first-order valence-electron chi connectivity index (χ1n) is 10.7. The third-order valence-corrected chi connectivity index (χ3v) is 5.07. The van der Waals surface area contributed by atoms with E-state index < -0.39 is 5.60 Å². The monoisotopic (exact) mass is 450 g/mol. The molecule has 0 aliphatic heterocycles. The standard InChI is InChI=1S/C26H22N6O2/c1-17-12-19(5-7-23(17)34-20-9-11-32-24(14-20)28-16-30-32)31-25-21-13-18(8-10-26(2,3)33)4-6-22(21)27-15-29-25/h4-7,9,11-16,33H,1-3H3,(H,27,29,31). The topological polar surface area (TPSA) is 97.5 Å². The minimum Gasteiger partial charge on any atom is -0.457 e. The van der Waals surface area contributed by atoms with Crippen LogP contribution >= 0.6 is 0 Å². The number of ether oxygens (including phenoxy) is 1. The SMILES string of the molecule is Cc1cc(Nc2ncnc3ccc(C#CC(C)(C)O)cc23)ccc1Oc1ccn2ncnc2c1. The summed E-state index contributed by atoms with van der Waals surface area (Å²) in [6, 6.07) is 15.2. The number of aromatic nitrogens is 5. The maximum Gasteiger partial charge on any atom is 0.158 e. The van der Waals surface area contributed by atoms with Crippen molar-refractivity contribution in [2.45, 2.75) is 26.4 Å². The number of pyridine rings is 1. The Kier molecular flexibility index (Phi) is 5.32. The third-order valence-electron chi connectivity index (χ3n) is 5.07. The van der Waals surface area contributed by atoms with E-state index in [1.807, 2.05) is 61.7 Å². The number of rotatable bonds is 4. The Hall–Kier alpha value is -4.48. The van der Waals surface area contributed by atoms with Gasteiger partial charge in [0.05, 0.1) is 5.52 Å². The Bertz CT molecular complexity index is 1570. The Labute approximate surface area is 196 Å². The molecule has 8 heteroatoms. The van der Waals surface area contributed by atoms with Crippen LogP contribution in [0.3, 0.4) is 0 Å². The molecular formula is C26H22N6O2. The molecular weight excluding hydrogens is 428 g/mol. The number of hydrogen-bond acceptors (Lipinski definition) is 7. The number of benzene rings is 2. The van der Waals surface area contributed by atoms with Crippen LogP contribution in [0.2, 0.25) is 0 Å². The van der Waals surface area contributed by atoms with Crippen LogP contribution in [0.15, 0.2) is 67.4 Å². The minimum atomic E-state index is -1.06. The molecule has 0 aliphatic rings. The van der Waals surface area contributed by atoms with E-state index in [9.17, 15) is 5.11 Å². The highest BCUT2D eigenvalue weighted by Gasteiger charge is 2.09. The zero-order valence-electron chi connectivity index (χ0n) is 18.9. The smallest absolute Gasteiger partial charge is 0.158 e. The average molecular weight is 451 g/mol. The quantitative estimate of drug-likeness (QED) is 0.385. The van der Waals surface area contributed by atoms with Gasteiger partial charge in [0.1, 0.15) is 35.6 Å². The van der Waals surface area contributed by atoms with Crippen LogP contribution in [0.1, 0.15) is 25.0 Å². The lowest BCUT2D eigenvalue weighted by Crippen LogP contribution is -2.14. The highest BCUT2D eigenvalue weighted by Crippen LogP contribution is 2.30. The molecule has 3 aromatic heterocycles. The van der Waals surface area contributed by atoms with Gasteiger partial charge in [0, 0.05) is 28.9 Å². The fourth-order valence-electron chi connectivity index (χ4n) is 3.42. The molecule has 0 atom stereocenters. The number of aryl methyl sites for hydroxylation is 1. The van der Waals surface area contributed by atoms with Crippen LogP contribution in [-0.4, -0.2) is 35.3 Å². The van der Waals surface area contributed by atoms with Gasteiger partial charge in [-0.25, -0.2) is 19.5 Å². The van der Waals surface area contributed by atoms with Crippen molar-refractivity contribution in [2.75, 3.05) is 5.32 Å². The normalized spacial score (nSPS) is 11.3. The fourth-order valence-corrected chi connectivity index (χ4v) is 3.42. The molecule has 0 radical (unpaired) electrons. The van der Waals surface area contributed by atoms with Crippen LogP contribution < -0.4 is 10.1 Å². The maximum absolute atomic E-state index is 9.89. The van der Waals surface area contributed by atoms with E-state index in [0.717, 1.165) is 39.1 Å². The van der Waals surface area contributed by atoms with E-state index in [1.165, 1.54) is 12.7 Å². The van der Waals surface area contributed by atoms with E-state index >= 15 is 0 Å². The number of fused-ring (bicyclic) bond motifs is 2. The van der Waals surface area contributed by atoms with Gasteiger partial charge in [-0.2, -0.15) is 5.10 Å². The molecule has 3 heterocycles. The van der Waals surface area contributed by atoms with Crippen molar-refractivity contribution in [3.8, 4) is 23.3 Å². The molecule has 5 aromatic rings. The minimum absolute atomic E-state index is 0.669. The third kappa shape index (κ3) is 4.65. The summed E-state index contributed by atoms with van der Waals surface area (Å²) in [6.45, 7) is 5.29. The van der Waals surface area contributed by atoms with Gasteiger partial charge in [-0.05, 0) is 68.8 Å². The van der Waals surface area contributed by atoms with Gasteiger partial charge in [-0.15, -0.1) is 0 Å². The van der Waals surface area contributed by atoms with Crippen molar-refractivity contribution in [3.05, 3.63) is 78.5 Å². The lowest BCUT2D eigenvalue weighted by molar-refractivity contribution is 0.143. The number of anilines is 2. The molecule has 2 N–H and O–H groups in total. The summed E-state index contributed by atoms with van der Waals surface area (Å²) in [5.74, 6) is 7.94. The summed E-state index contributed by atoms with van der Waals surface area (Å²) in [6.07, 6.45) is 4.84. The molecule has 5 rings (SSSR count). The van der Waals surface area contributed by atoms with Crippen molar-refractivity contribution in [2.24, 2.45) is 0 Å². The maximum atomic E-state index is 9.89. The van der Waals surface area contributed by atoms with Crippen LogP contribution in [0, 0.1) is 18.8 Å². The van der Waals surface area contributed by atoms with Gasteiger partial charge in [0.25, 0.3) is 0 Å². The summed E-state index contributed by atoms with van der Waals surface area (Å²) in [7, 11) is 0. The summed E-state index contributed by atoms with van der Waals surface area (Å²) in [5, 5.41) is 18.2. The van der Waals surface area contributed by atoms with Gasteiger partial charge in [0.15, 0.2) is 5.65 Å². The summed E-state index contributed by atoms with van der Waals surface area (Å²) >= 11 is 0. The molecule has 0 aliphatic carbocycles. The molecule has 0 saturated carbocycles. The molecule has 34 heavy (non-hydrogen) atoms. The van der Waals surface area contributed by atoms with E-state index in [-0.39, 0.29) is 0 Å². The number of nitrogens with one attached hydrogen (secondary N) is 1. The Morgan fingerprint density at radius 2 is 1.88 bits per heavy atom. The Morgan fingerprint density at radius 3 is 2.71 bits per heavy atom. The van der Waals surface area contributed by atoms with Crippen molar-refractivity contribution >= 4 is 28.1 Å². The molecule has 0 unspecified atom stereocenters. The van der Waals surface area contributed by atoms with Crippen molar-refractivity contribution in [3.63, 3.8) is 0 Å². The Balaban J connectivity index is 1.40. The number of hydrogen-bond donors (Lipinski definition) is 2. The highest BCUT2D eigenvalue weighted by molar-refractivity contribution is 5.91. The molecule has 0 spiro atoms. The molecule has 0 saturated heterocycles. The predicted molar refractivity (Wildman–Crippen MR) is 130 cm³/mol. The summed E-state index contributed by atoms with van der Waals surface area (Å²) in [4.78, 5) is 13.0. The second-order valence-corrected chi connectivity index (χ2v) is 8.40. The first-order chi connectivity index (χ1) is 16.3. The molecule has 168 valence electrons. The molecule has 0 bridgehead atoms. The largest absolute Gasteiger partial charge is 0.457 e. The number of nitrogens with zero attached hydrogens (tertiary/aromatic N) is 5. The van der Waals surface area contributed by atoms with Gasteiger partial charge < -0.3 is 15.2 Å². The number of aliphatic hydroxyl groups is 1. The van der Waals surface area contributed by atoms with Crippen molar-refractivity contribution < 1.29 is 9.84 Å². The van der Waals surface area contributed by atoms with E-state index in [4.69, 9.17) is 4.74 Å². The second kappa shape index (κ2) is 8.46. The van der Waals surface area contributed by atoms with Gasteiger partial charge in [0.2, 0.25) is 0 Å². The van der Waals surface area contributed by atoms with Crippen molar-refractivity contribution in [1.29, 1.82) is 0 Å². The van der Waals surface area contributed by atoms with Crippen LogP contribution in [-0.2, 0) is 0 Å².